The summed E-state index contributed by atoms with van der Waals surface area (Å²) in [5.74, 6) is 1.31. The number of aromatic nitrogens is 1. The number of para-hydroxylation sites is 1. The molecule has 2 nitrogen and oxygen atoms in total. The number of hydrogen-bond acceptors (Lipinski definition) is 3. The second kappa shape index (κ2) is 5.32. The van der Waals surface area contributed by atoms with Crippen LogP contribution in [0.25, 0.3) is 0 Å². The van der Waals surface area contributed by atoms with E-state index >= 15 is 0 Å². The van der Waals surface area contributed by atoms with Crippen LogP contribution in [-0.4, -0.2) is 4.98 Å². The summed E-state index contributed by atoms with van der Waals surface area (Å²) >= 11 is 7.29. The lowest BCUT2D eigenvalue weighted by atomic mass is 10.3. The Hall–Kier alpha value is -1.06. The fraction of sp³-hybridized carbons (Fsp3) is 0.250. The summed E-state index contributed by atoms with van der Waals surface area (Å²) in [6.07, 6.45) is -0.0376. The van der Waals surface area contributed by atoms with Crippen LogP contribution in [-0.2, 0) is 5.88 Å². The molecule has 1 heterocycles. The van der Waals surface area contributed by atoms with Crippen LogP contribution in [0.4, 0.5) is 0 Å². The van der Waals surface area contributed by atoms with Gasteiger partial charge in [-0.2, -0.15) is 0 Å². The number of nitrogens with zero attached hydrogens (tertiary/aromatic N) is 1. The predicted octanol–water partition coefficient (Wildman–Crippen LogP) is 4.02. The molecule has 0 fully saturated rings. The number of rotatable bonds is 4. The van der Waals surface area contributed by atoms with Gasteiger partial charge in [-0.25, -0.2) is 4.98 Å². The number of alkyl halides is 1. The molecule has 0 saturated carbocycles. The lowest BCUT2D eigenvalue weighted by Gasteiger charge is -2.11. The number of hydrogen-bond donors (Lipinski definition) is 0. The molecule has 0 N–H and O–H groups in total. The van der Waals surface area contributed by atoms with Gasteiger partial charge in [0.05, 0.1) is 11.6 Å². The SMILES string of the molecule is CC(Oc1ccccc1)c1nc(CCl)cs1. The molecule has 2 aromatic rings. The largest absolute Gasteiger partial charge is 0.484 e. The van der Waals surface area contributed by atoms with Crippen LogP contribution in [0.2, 0.25) is 0 Å². The van der Waals surface area contributed by atoms with Crippen LogP contribution >= 0.6 is 22.9 Å². The van der Waals surface area contributed by atoms with Gasteiger partial charge in [0.1, 0.15) is 16.9 Å². The third kappa shape index (κ3) is 2.74. The Morgan fingerprint density at radius 1 is 1.38 bits per heavy atom. The van der Waals surface area contributed by atoms with Gasteiger partial charge in [-0.3, -0.25) is 0 Å². The lowest BCUT2D eigenvalue weighted by molar-refractivity contribution is 0.226. The van der Waals surface area contributed by atoms with Crippen molar-refractivity contribution in [1.29, 1.82) is 0 Å². The average Bonchev–Trinajstić information content (AvgIpc) is 2.79. The number of halogens is 1. The third-order valence-electron chi connectivity index (χ3n) is 2.11. The first kappa shape index (κ1) is 11.4. The van der Waals surface area contributed by atoms with E-state index in [1.165, 1.54) is 0 Å². The summed E-state index contributed by atoms with van der Waals surface area (Å²) < 4.78 is 5.76. The zero-order valence-electron chi connectivity index (χ0n) is 8.89. The van der Waals surface area contributed by atoms with Crippen molar-refractivity contribution in [3.63, 3.8) is 0 Å². The molecule has 1 aromatic heterocycles. The van der Waals surface area contributed by atoms with Gasteiger partial charge in [-0.05, 0) is 19.1 Å². The van der Waals surface area contributed by atoms with E-state index in [0.717, 1.165) is 16.5 Å². The van der Waals surface area contributed by atoms with E-state index in [1.54, 1.807) is 11.3 Å². The Kier molecular flexibility index (Phi) is 3.80. The molecular weight excluding hydrogens is 242 g/mol. The summed E-state index contributed by atoms with van der Waals surface area (Å²) in [4.78, 5) is 4.39. The van der Waals surface area contributed by atoms with Crippen molar-refractivity contribution in [3.05, 3.63) is 46.4 Å². The number of benzene rings is 1. The molecule has 4 heteroatoms. The van der Waals surface area contributed by atoms with Crippen molar-refractivity contribution in [3.8, 4) is 5.75 Å². The minimum Gasteiger partial charge on any atom is -0.484 e. The maximum atomic E-state index is 5.76. The van der Waals surface area contributed by atoms with Gasteiger partial charge in [-0.1, -0.05) is 18.2 Å². The fourth-order valence-electron chi connectivity index (χ4n) is 1.32. The van der Waals surface area contributed by atoms with E-state index in [4.69, 9.17) is 16.3 Å². The minimum absolute atomic E-state index is 0.0376. The highest BCUT2D eigenvalue weighted by atomic mass is 35.5. The zero-order valence-corrected chi connectivity index (χ0v) is 10.5. The molecule has 1 aromatic carbocycles. The average molecular weight is 254 g/mol. The van der Waals surface area contributed by atoms with Crippen LogP contribution in [0.15, 0.2) is 35.7 Å². The predicted molar refractivity (Wildman–Crippen MR) is 67.2 cm³/mol. The molecule has 0 amide bonds. The third-order valence-corrected chi connectivity index (χ3v) is 3.44. The van der Waals surface area contributed by atoms with Crippen molar-refractivity contribution in [1.82, 2.24) is 4.98 Å². The Bertz CT molecular complexity index is 443. The van der Waals surface area contributed by atoms with Gasteiger partial charge >= 0.3 is 0 Å². The van der Waals surface area contributed by atoms with Gasteiger partial charge in [0.15, 0.2) is 0 Å². The van der Waals surface area contributed by atoms with Gasteiger partial charge in [0, 0.05) is 5.38 Å². The maximum absolute atomic E-state index is 5.76. The van der Waals surface area contributed by atoms with Crippen molar-refractivity contribution < 1.29 is 4.74 Å². The van der Waals surface area contributed by atoms with E-state index in [2.05, 4.69) is 4.98 Å². The first-order valence-corrected chi connectivity index (χ1v) is 6.43. The molecule has 84 valence electrons. The minimum atomic E-state index is -0.0376. The smallest absolute Gasteiger partial charge is 0.147 e. The highest BCUT2D eigenvalue weighted by molar-refractivity contribution is 7.09. The quantitative estimate of drug-likeness (QED) is 0.768. The molecular formula is C12H12ClNOS. The molecule has 0 bridgehead atoms. The van der Waals surface area contributed by atoms with Crippen molar-refractivity contribution in [2.75, 3.05) is 0 Å². The Labute approximate surface area is 104 Å². The molecule has 2 rings (SSSR count). The maximum Gasteiger partial charge on any atom is 0.147 e. The van der Waals surface area contributed by atoms with Crippen molar-refractivity contribution in [2.45, 2.75) is 18.9 Å². The molecule has 1 unspecified atom stereocenters. The standard InChI is InChI=1S/C12H12ClNOS/c1-9(12-14-10(7-13)8-16-12)15-11-5-3-2-4-6-11/h2-6,8-9H,7H2,1H3. The zero-order chi connectivity index (χ0) is 11.4. The summed E-state index contributed by atoms with van der Waals surface area (Å²) in [5, 5.41) is 2.92. The van der Waals surface area contributed by atoms with E-state index in [9.17, 15) is 0 Å². The Balaban J connectivity index is 2.05. The second-order valence-electron chi connectivity index (χ2n) is 3.38. The first-order chi connectivity index (χ1) is 7.79. The molecule has 0 aliphatic heterocycles. The molecule has 0 radical (unpaired) electrons. The van der Waals surface area contributed by atoms with E-state index in [-0.39, 0.29) is 6.10 Å². The highest BCUT2D eigenvalue weighted by Crippen LogP contribution is 2.24. The van der Waals surface area contributed by atoms with Gasteiger partial charge in [-0.15, -0.1) is 22.9 Å². The second-order valence-corrected chi connectivity index (χ2v) is 4.54. The van der Waals surface area contributed by atoms with E-state index in [0.29, 0.717) is 5.88 Å². The summed E-state index contributed by atoms with van der Waals surface area (Å²) in [7, 11) is 0. The van der Waals surface area contributed by atoms with Gasteiger partial charge < -0.3 is 4.74 Å². The van der Waals surface area contributed by atoms with Crippen molar-refractivity contribution in [2.24, 2.45) is 0 Å². The summed E-state index contributed by atoms with van der Waals surface area (Å²) in [5.41, 5.74) is 0.908. The van der Waals surface area contributed by atoms with Crippen molar-refractivity contribution >= 4 is 22.9 Å². The molecule has 0 aliphatic carbocycles. The van der Waals surface area contributed by atoms with E-state index in [1.807, 2.05) is 42.6 Å². The fourth-order valence-corrected chi connectivity index (χ4v) is 2.36. The number of ether oxygens (including phenoxy) is 1. The molecule has 1 atom stereocenters. The lowest BCUT2D eigenvalue weighted by Crippen LogP contribution is -2.02. The summed E-state index contributed by atoms with van der Waals surface area (Å²) in [6.45, 7) is 1.99. The molecule has 0 aliphatic rings. The Morgan fingerprint density at radius 2 is 2.12 bits per heavy atom. The van der Waals surface area contributed by atoms with Crippen LogP contribution in [0.3, 0.4) is 0 Å². The number of thiazole rings is 1. The highest BCUT2D eigenvalue weighted by Gasteiger charge is 2.11. The Morgan fingerprint density at radius 3 is 2.75 bits per heavy atom. The first-order valence-electron chi connectivity index (χ1n) is 5.01. The topological polar surface area (TPSA) is 22.1 Å². The molecule has 0 saturated heterocycles. The van der Waals surface area contributed by atoms with E-state index < -0.39 is 0 Å². The normalized spacial score (nSPS) is 12.4. The van der Waals surface area contributed by atoms with Crippen LogP contribution in [0, 0.1) is 0 Å². The van der Waals surface area contributed by atoms with Gasteiger partial charge in [0.2, 0.25) is 0 Å². The van der Waals surface area contributed by atoms with Crippen LogP contribution < -0.4 is 4.74 Å². The molecule has 16 heavy (non-hydrogen) atoms. The van der Waals surface area contributed by atoms with Crippen LogP contribution in [0.1, 0.15) is 23.7 Å². The van der Waals surface area contributed by atoms with Gasteiger partial charge in [0.25, 0.3) is 0 Å². The van der Waals surface area contributed by atoms with Crippen LogP contribution in [0.5, 0.6) is 5.75 Å². The summed E-state index contributed by atoms with van der Waals surface area (Å²) in [6, 6.07) is 9.74. The molecule has 0 spiro atoms. The monoisotopic (exact) mass is 253 g/mol.